The van der Waals surface area contributed by atoms with E-state index >= 15 is 0 Å². The number of hydrogen-bond donors (Lipinski definition) is 1. The fourth-order valence-electron chi connectivity index (χ4n) is 1.54. The molecule has 0 aromatic carbocycles. The standard InChI is InChI=1S/C8H13N5/c1-2-13-5-3-4-7(6-13)8-9-11-12-10-8/h4H,2-3,5-6H2,1H3,(H,9,10,11,12). The summed E-state index contributed by atoms with van der Waals surface area (Å²) in [6.45, 7) is 5.32. The van der Waals surface area contributed by atoms with E-state index in [-0.39, 0.29) is 0 Å². The van der Waals surface area contributed by atoms with Gasteiger partial charge in [0.1, 0.15) is 0 Å². The Hall–Kier alpha value is -1.23. The molecule has 0 atom stereocenters. The van der Waals surface area contributed by atoms with Crippen molar-refractivity contribution < 1.29 is 0 Å². The first-order chi connectivity index (χ1) is 6.40. The lowest BCUT2D eigenvalue weighted by Crippen LogP contribution is -2.29. The van der Waals surface area contributed by atoms with Crippen LogP contribution in [0.25, 0.3) is 5.57 Å². The molecule has 1 aliphatic heterocycles. The molecule has 1 aromatic rings. The highest BCUT2D eigenvalue weighted by Gasteiger charge is 2.14. The highest BCUT2D eigenvalue weighted by molar-refractivity contribution is 5.61. The van der Waals surface area contributed by atoms with Gasteiger partial charge in [-0.2, -0.15) is 5.21 Å². The van der Waals surface area contributed by atoms with Crippen LogP contribution in [0.3, 0.4) is 0 Å². The van der Waals surface area contributed by atoms with Gasteiger partial charge in [0.25, 0.3) is 0 Å². The Kier molecular flexibility index (Phi) is 2.35. The number of likely N-dealkylation sites (N-methyl/N-ethyl adjacent to an activating group) is 1. The summed E-state index contributed by atoms with van der Waals surface area (Å²) in [6.07, 6.45) is 3.27. The molecule has 0 aliphatic carbocycles. The third-order valence-electron chi connectivity index (χ3n) is 2.31. The van der Waals surface area contributed by atoms with E-state index in [0.29, 0.717) is 0 Å². The Morgan fingerprint density at radius 3 is 3.23 bits per heavy atom. The molecule has 0 unspecified atom stereocenters. The number of hydrogen-bond acceptors (Lipinski definition) is 4. The van der Waals surface area contributed by atoms with Crippen LogP contribution < -0.4 is 0 Å². The molecule has 0 amide bonds. The number of nitrogens with one attached hydrogen (secondary N) is 1. The first kappa shape index (κ1) is 8.37. The normalized spacial score (nSPS) is 18.7. The van der Waals surface area contributed by atoms with Crippen molar-refractivity contribution in [2.45, 2.75) is 13.3 Å². The van der Waals surface area contributed by atoms with Crippen LogP contribution in [-0.4, -0.2) is 45.2 Å². The van der Waals surface area contributed by atoms with Crippen LogP contribution in [0.2, 0.25) is 0 Å². The summed E-state index contributed by atoms with van der Waals surface area (Å²) in [5.74, 6) is 0.734. The summed E-state index contributed by atoms with van der Waals surface area (Å²) in [5.41, 5.74) is 1.18. The molecule has 0 saturated carbocycles. The van der Waals surface area contributed by atoms with Crippen molar-refractivity contribution in [3.63, 3.8) is 0 Å². The largest absolute Gasteiger partial charge is 0.299 e. The molecule has 0 fully saturated rings. The van der Waals surface area contributed by atoms with E-state index in [9.17, 15) is 0 Å². The first-order valence-electron chi connectivity index (χ1n) is 4.55. The second-order valence-electron chi connectivity index (χ2n) is 3.12. The maximum absolute atomic E-state index is 3.97. The number of aromatic amines is 1. The average molecular weight is 179 g/mol. The van der Waals surface area contributed by atoms with E-state index in [1.807, 2.05) is 0 Å². The minimum atomic E-state index is 0.734. The minimum Gasteiger partial charge on any atom is -0.299 e. The van der Waals surface area contributed by atoms with Gasteiger partial charge in [0, 0.05) is 18.7 Å². The van der Waals surface area contributed by atoms with Gasteiger partial charge in [0.05, 0.1) is 0 Å². The lowest BCUT2D eigenvalue weighted by molar-refractivity contribution is 0.321. The Morgan fingerprint density at radius 1 is 1.62 bits per heavy atom. The molecule has 0 saturated heterocycles. The van der Waals surface area contributed by atoms with E-state index in [2.05, 4.69) is 38.5 Å². The first-order valence-corrected chi connectivity index (χ1v) is 4.55. The summed E-state index contributed by atoms with van der Waals surface area (Å²) in [5, 5.41) is 14.0. The van der Waals surface area contributed by atoms with Gasteiger partial charge in [-0.05, 0) is 18.2 Å². The van der Waals surface area contributed by atoms with Crippen LogP contribution in [0.15, 0.2) is 6.08 Å². The number of rotatable bonds is 2. The lowest BCUT2D eigenvalue weighted by Gasteiger charge is -2.24. The second kappa shape index (κ2) is 3.66. The Bertz CT molecular complexity index is 289. The molecule has 0 radical (unpaired) electrons. The predicted octanol–water partition coefficient (Wildman–Crippen LogP) is 0.309. The van der Waals surface area contributed by atoms with Crippen molar-refractivity contribution in [3.8, 4) is 0 Å². The maximum atomic E-state index is 3.97. The van der Waals surface area contributed by atoms with Crippen molar-refractivity contribution in [2.24, 2.45) is 0 Å². The molecule has 1 aromatic heterocycles. The van der Waals surface area contributed by atoms with Gasteiger partial charge >= 0.3 is 0 Å². The van der Waals surface area contributed by atoms with E-state index in [0.717, 1.165) is 31.9 Å². The molecular formula is C8H13N5. The van der Waals surface area contributed by atoms with E-state index in [4.69, 9.17) is 0 Å². The topological polar surface area (TPSA) is 57.7 Å². The maximum Gasteiger partial charge on any atom is 0.201 e. The van der Waals surface area contributed by atoms with Crippen LogP contribution in [0.1, 0.15) is 19.2 Å². The Labute approximate surface area is 76.8 Å². The van der Waals surface area contributed by atoms with Crippen molar-refractivity contribution in [2.75, 3.05) is 19.6 Å². The monoisotopic (exact) mass is 179 g/mol. The molecule has 2 rings (SSSR count). The third-order valence-corrected chi connectivity index (χ3v) is 2.31. The second-order valence-corrected chi connectivity index (χ2v) is 3.12. The summed E-state index contributed by atoms with van der Waals surface area (Å²) in [4.78, 5) is 2.37. The molecule has 5 heteroatoms. The highest BCUT2D eigenvalue weighted by atomic mass is 15.5. The number of H-pyrrole nitrogens is 1. The smallest absolute Gasteiger partial charge is 0.201 e. The van der Waals surface area contributed by atoms with Crippen molar-refractivity contribution in [3.05, 3.63) is 11.9 Å². The summed E-state index contributed by atoms with van der Waals surface area (Å²) in [7, 11) is 0. The molecule has 1 aliphatic rings. The minimum absolute atomic E-state index is 0.734. The average Bonchev–Trinajstić information content (AvgIpc) is 2.71. The van der Waals surface area contributed by atoms with E-state index < -0.39 is 0 Å². The van der Waals surface area contributed by atoms with Crippen molar-refractivity contribution in [1.29, 1.82) is 0 Å². The van der Waals surface area contributed by atoms with Gasteiger partial charge in [-0.15, -0.1) is 10.2 Å². The van der Waals surface area contributed by atoms with E-state index in [1.165, 1.54) is 5.57 Å². The Morgan fingerprint density at radius 2 is 2.54 bits per heavy atom. The zero-order chi connectivity index (χ0) is 9.10. The molecule has 5 nitrogen and oxygen atoms in total. The van der Waals surface area contributed by atoms with Gasteiger partial charge in [-0.3, -0.25) is 4.90 Å². The Balaban J connectivity index is 2.12. The fraction of sp³-hybridized carbons (Fsp3) is 0.625. The SMILES string of the molecule is CCN1CCC=C(c2nn[nH]n2)C1. The summed E-state index contributed by atoms with van der Waals surface area (Å²) < 4.78 is 0. The summed E-state index contributed by atoms with van der Waals surface area (Å²) >= 11 is 0. The van der Waals surface area contributed by atoms with Gasteiger partial charge in [-0.1, -0.05) is 13.0 Å². The van der Waals surface area contributed by atoms with Crippen molar-refractivity contribution >= 4 is 5.57 Å². The molecule has 0 bridgehead atoms. The molecule has 13 heavy (non-hydrogen) atoms. The van der Waals surface area contributed by atoms with Crippen LogP contribution in [0.4, 0.5) is 0 Å². The molecule has 0 spiro atoms. The molecular weight excluding hydrogens is 166 g/mol. The van der Waals surface area contributed by atoms with Gasteiger partial charge in [0.2, 0.25) is 5.82 Å². The lowest BCUT2D eigenvalue weighted by atomic mass is 10.1. The molecule has 70 valence electrons. The molecule has 1 N–H and O–H groups in total. The van der Waals surface area contributed by atoms with Crippen LogP contribution in [0, 0.1) is 0 Å². The number of nitrogens with zero attached hydrogens (tertiary/aromatic N) is 4. The van der Waals surface area contributed by atoms with Gasteiger partial charge in [-0.25, -0.2) is 0 Å². The predicted molar refractivity (Wildman–Crippen MR) is 48.9 cm³/mol. The van der Waals surface area contributed by atoms with Crippen LogP contribution in [0.5, 0.6) is 0 Å². The number of tetrazole rings is 1. The van der Waals surface area contributed by atoms with Crippen LogP contribution >= 0.6 is 0 Å². The van der Waals surface area contributed by atoms with E-state index in [1.54, 1.807) is 0 Å². The van der Waals surface area contributed by atoms with Crippen molar-refractivity contribution in [1.82, 2.24) is 25.5 Å². The third kappa shape index (κ3) is 1.75. The quantitative estimate of drug-likeness (QED) is 0.709. The van der Waals surface area contributed by atoms with Crippen LogP contribution in [-0.2, 0) is 0 Å². The molecule has 2 heterocycles. The summed E-state index contributed by atoms with van der Waals surface area (Å²) in [6, 6.07) is 0. The highest BCUT2D eigenvalue weighted by Crippen LogP contribution is 2.15. The zero-order valence-electron chi connectivity index (χ0n) is 7.69. The van der Waals surface area contributed by atoms with Gasteiger partial charge in [0.15, 0.2) is 0 Å². The van der Waals surface area contributed by atoms with Gasteiger partial charge < -0.3 is 0 Å². The zero-order valence-corrected chi connectivity index (χ0v) is 7.69. The fourth-order valence-corrected chi connectivity index (χ4v) is 1.54. The number of aromatic nitrogens is 4.